The fourth-order valence-corrected chi connectivity index (χ4v) is 3.36. The molecule has 2 aliphatic rings. The number of nitrogens with zero attached hydrogens (tertiary/aromatic N) is 1. The molecule has 0 radical (unpaired) electrons. The van der Waals surface area contributed by atoms with Gasteiger partial charge in [-0.05, 0) is 51.6 Å². The van der Waals surface area contributed by atoms with Gasteiger partial charge in [0.15, 0.2) is 0 Å². The van der Waals surface area contributed by atoms with Crippen molar-refractivity contribution in [3.05, 3.63) is 0 Å². The van der Waals surface area contributed by atoms with Gasteiger partial charge in [-0.1, -0.05) is 13.3 Å². The molecule has 1 atom stereocenters. The van der Waals surface area contributed by atoms with E-state index in [1.807, 2.05) is 7.05 Å². The van der Waals surface area contributed by atoms with Gasteiger partial charge in [-0.15, -0.1) is 0 Å². The van der Waals surface area contributed by atoms with Crippen molar-refractivity contribution in [2.45, 2.75) is 45.4 Å². The number of rotatable bonds is 4. The van der Waals surface area contributed by atoms with Crippen LogP contribution in [0.4, 0.5) is 0 Å². The lowest BCUT2D eigenvalue weighted by Gasteiger charge is -2.45. The van der Waals surface area contributed by atoms with Crippen LogP contribution in [0.2, 0.25) is 0 Å². The highest BCUT2D eigenvalue weighted by atomic mass is 16.2. The second-order valence-electron chi connectivity index (χ2n) is 5.80. The molecule has 0 aromatic heterocycles. The van der Waals surface area contributed by atoms with E-state index in [-0.39, 0.29) is 5.41 Å². The van der Waals surface area contributed by atoms with Gasteiger partial charge in [-0.2, -0.15) is 0 Å². The molecule has 1 saturated carbocycles. The average molecular weight is 238 g/mol. The van der Waals surface area contributed by atoms with Crippen LogP contribution in [0.15, 0.2) is 0 Å². The topological polar surface area (TPSA) is 32.3 Å². The SMILES string of the molecule is CCC1(C(=O)N2CCCC(CNC)C2)CCC1. The van der Waals surface area contributed by atoms with E-state index < -0.39 is 0 Å². The maximum atomic E-state index is 12.6. The monoisotopic (exact) mass is 238 g/mol. The molecule has 1 heterocycles. The van der Waals surface area contributed by atoms with Gasteiger partial charge in [-0.3, -0.25) is 4.79 Å². The van der Waals surface area contributed by atoms with E-state index in [2.05, 4.69) is 17.1 Å². The van der Waals surface area contributed by atoms with Crippen LogP contribution >= 0.6 is 0 Å². The number of nitrogens with one attached hydrogen (secondary N) is 1. The van der Waals surface area contributed by atoms with Crippen LogP contribution in [0.25, 0.3) is 0 Å². The minimum atomic E-state index is 0.0293. The Kier molecular flexibility index (Phi) is 4.08. The summed E-state index contributed by atoms with van der Waals surface area (Å²) in [7, 11) is 2.00. The van der Waals surface area contributed by atoms with E-state index in [0.29, 0.717) is 11.8 Å². The minimum Gasteiger partial charge on any atom is -0.342 e. The van der Waals surface area contributed by atoms with Crippen molar-refractivity contribution in [2.75, 3.05) is 26.7 Å². The van der Waals surface area contributed by atoms with Crippen LogP contribution in [-0.2, 0) is 4.79 Å². The first-order valence-electron chi connectivity index (χ1n) is 7.16. The van der Waals surface area contributed by atoms with Gasteiger partial charge in [0, 0.05) is 18.5 Å². The van der Waals surface area contributed by atoms with Crippen LogP contribution in [0.1, 0.15) is 45.4 Å². The zero-order chi connectivity index (χ0) is 12.3. The summed E-state index contributed by atoms with van der Waals surface area (Å²) >= 11 is 0. The Bertz CT molecular complexity index is 266. The second-order valence-corrected chi connectivity index (χ2v) is 5.80. The van der Waals surface area contributed by atoms with E-state index in [4.69, 9.17) is 0 Å². The molecule has 1 amide bonds. The highest BCUT2D eigenvalue weighted by molar-refractivity contribution is 5.83. The second kappa shape index (κ2) is 5.38. The summed E-state index contributed by atoms with van der Waals surface area (Å²) in [5, 5.41) is 3.24. The smallest absolute Gasteiger partial charge is 0.228 e. The molecule has 2 rings (SSSR count). The molecule has 3 heteroatoms. The quantitative estimate of drug-likeness (QED) is 0.812. The number of hydrogen-bond donors (Lipinski definition) is 1. The average Bonchev–Trinajstić information content (AvgIpc) is 2.29. The minimum absolute atomic E-state index is 0.0293. The molecule has 1 saturated heterocycles. The Labute approximate surface area is 105 Å². The van der Waals surface area contributed by atoms with Gasteiger partial charge in [0.25, 0.3) is 0 Å². The third kappa shape index (κ3) is 2.49. The summed E-state index contributed by atoms with van der Waals surface area (Å²) < 4.78 is 0. The molecule has 0 aromatic carbocycles. The van der Waals surface area contributed by atoms with Gasteiger partial charge in [0.05, 0.1) is 0 Å². The predicted molar refractivity (Wildman–Crippen MR) is 69.8 cm³/mol. The molecular weight excluding hydrogens is 212 g/mol. The van der Waals surface area contributed by atoms with Gasteiger partial charge in [0.2, 0.25) is 5.91 Å². The van der Waals surface area contributed by atoms with Crippen molar-refractivity contribution in [3.63, 3.8) is 0 Å². The molecule has 0 bridgehead atoms. The number of carbonyl (C=O) groups excluding carboxylic acids is 1. The van der Waals surface area contributed by atoms with Crippen LogP contribution in [0.5, 0.6) is 0 Å². The lowest BCUT2D eigenvalue weighted by molar-refractivity contribution is -0.149. The molecule has 2 fully saturated rings. The number of amides is 1. The largest absolute Gasteiger partial charge is 0.342 e. The van der Waals surface area contributed by atoms with E-state index in [1.54, 1.807) is 0 Å². The lowest BCUT2D eigenvalue weighted by Crippen LogP contribution is -2.51. The van der Waals surface area contributed by atoms with Crippen molar-refractivity contribution in [1.82, 2.24) is 10.2 Å². The van der Waals surface area contributed by atoms with Gasteiger partial charge in [-0.25, -0.2) is 0 Å². The van der Waals surface area contributed by atoms with E-state index in [1.165, 1.54) is 19.3 Å². The van der Waals surface area contributed by atoms with E-state index in [0.717, 1.165) is 38.9 Å². The number of carbonyl (C=O) groups is 1. The molecule has 0 spiro atoms. The summed E-state index contributed by atoms with van der Waals surface area (Å²) in [4.78, 5) is 14.7. The Morgan fingerprint density at radius 2 is 2.18 bits per heavy atom. The maximum Gasteiger partial charge on any atom is 0.228 e. The molecule has 1 aliphatic heterocycles. The fourth-order valence-electron chi connectivity index (χ4n) is 3.36. The lowest BCUT2D eigenvalue weighted by atomic mass is 9.66. The Hall–Kier alpha value is -0.570. The van der Waals surface area contributed by atoms with Crippen molar-refractivity contribution in [2.24, 2.45) is 11.3 Å². The third-order valence-corrected chi connectivity index (χ3v) is 4.74. The zero-order valence-corrected chi connectivity index (χ0v) is 11.3. The van der Waals surface area contributed by atoms with Gasteiger partial charge < -0.3 is 10.2 Å². The van der Waals surface area contributed by atoms with Gasteiger partial charge in [0.1, 0.15) is 0 Å². The molecule has 3 nitrogen and oxygen atoms in total. The standard InChI is InChI=1S/C14H26N2O/c1-3-14(7-5-8-14)13(17)16-9-4-6-12(11-16)10-15-2/h12,15H,3-11H2,1-2H3. The first-order valence-corrected chi connectivity index (χ1v) is 7.16. The maximum absolute atomic E-state index is 12.6. The third-order valence-electron chi connectivity index (χ3n) is 4.74. The summed E-state index contributed by atoms with van der Waals surface area (Å²) in [5.74, 6) is 1.11. The molecule has 17 heavy (non-hydrogen) atoms. The number of piperidine rings is 1. The highest BCUT2D eigenvalue weighted by Gasteiger charge is 2.45. The van der Waals surface area contributed by atoms with Crippen molar-refractivity contribution in [3.8, 4) is 0 Å². The van der Waals surface area contributed by atoms with Crippen molar-refractivity contribution < 1.29 is 4.79 Å². The highest BCUT2D eigenvalue weighted by Crippen LogP contribution is 2.45. The first kappa shape index (κ1) is 12.9. The summed E-state index contributed by atoms with van der Waals surface area (Å²) in [6, 6.07) is 0. The Morgan fingerprint density at radius 3 is 2.71 bits per heavy atom. The van der Waals surface area contributed by atoms with Crippen LogP contribution < -0.4 is 5.32 Å². The fraction of sp³-hybridized carbons (Fsp3) is 0.929. The number of likely N-dealkylation sites (tertiary alicyclic amines) is 1. The van der Waals surface area contributed by atoms with E-state index in [9.17, 15) is 4.79 Å². The molecule has 1 N–H and O–H groups in total. The summed E-state index contributed by atoms with van der Waals surface area (Å²) in [6.07, 6.45) is 6.96. The van der Waals surface area contributed by atoms with Gasteiger partial charge >= 0.3 is 0 Å². The van der Waals surface area contributed by atoms with Crippen LogP contribution in [0.3, 0.4) is 0 Å². The molecular formula is C14H26N2O. The van der Waals surface area contributed by atoms with Crippen LogP contribution in [-0.4, -0.2) is 37.5 Å². The summed E-state index contributed by atoms with van der Waals surface area (Å²) in [6.45, 7) is 5.18. The normalized spacial score (nSPS) is 27.6. The molecule has 98 valence electrons. The van der Waals surface area contributed by atoms with Crippen LogP contribution in [0, 0.1) is 11.3 Å². The van der Waals surface area contributed by atoms with Crippen molar-refractivity contribution >= 4 is 5.91 Å². The Morgan fingerprint density at radius 1 is 1.41 bits per heavy atom. The first-order chi connectivity index (χ1) is 8.22. The van der Waals surface area contributed by atoms with E-state index >= 15 is 0 Å². The predicted octanol–water partition coefficient (Wildman–Crippen LogP) is 2.02. The zero-order valence-electron chi connectivity index (χ0n) is 11.3. The summed E-state index contributed by atoms with van der Waals surface area (Å²) in [5.41, 5.74) is 0.0293. The Balaban J connectivity index is 1.94. The molecule has 0 aromatic rings. The molecule has 1 aliphatic carbocycles. The van der Waals surface area contributed by atoms with Crippen molar-refractivity contribution in [1.29, 1.82) is 0 Å². The number of hydrogen-bond acceptors (Lipinski definition) is 2. The molecule has 1 unspecified atom stereocenters.